The molecule has 2 nitrogen and oxygen atoms in total. The molecule has 0 atom stereocenters. The van der Waals surface area contributed by atoms with E-state index in [1.54, 1.807) is 6.92 Å². The predicted molar refractivity (Wildman–Crippen MR) is 103 cm³/mol. The molecule has 0 saturated heterocycles. The average Bonchev–Trinajstić information content (AvgIpc) is 3.02. The summed E-state index contributed by atoms with van der Waals surface area (Å²) in [6.07, 6.45) is 0. The van der Waals surface area contributed by atoms with Gasteiger partial charge >= 0.3 is 153 Å². The molecule has 4 aromatic rings. The Morgan fingerprint density at radius 2 is 1.52 bits per heavy atom. The van der Waals surface area contributed by atoms with E-state index >= 15 is 0 Å². The second-order valence-electron chi connectivity index (χ2n) is 5.78. The van der Waals surface area contributed by atoms with Crippen molar-refractivity contribution in [2.24, 2.45) is 0 Å². The van der Waals surface area contributed by atoms with Crippen LogP contribution in [0.1, 0.15) is 17.3 Å². The molecule has 0 aliphatic heterocycles. The van der Waals surface area contributed by atoms with Crippen LogP contribution in [0.3, 0.4) is 0 Å². The second kappa shape index (κ2) is 6.72. The molecule has 0 amide bonds. The summed E-state index contributed by atoms with van der Waals surface area (Å²) >= 11 is 0.0449. The molecule has 0 bridgehead atoms. The number of hydrogen-bond donors (Lipinski definition) is 0. The van der Waals surface area contributed by atoms with Crippen LogP contribution >= 0.6 is 0 Å². The van der Waals surface area contributed by atoms with E-state index in [9.17, 15) is 4.79 Å². The zero-order chi connectivity index (χ0) is 17.2. The molecule has 0 aliphatic rings. The van der Waals surface area contributed by atoms with Gasteiger partial charge in [-0.3, -0.25) is 0 Å². The van der Waals surface area contributed by atoms with Gasteiger partial charge in [-0.25, -0.2) is 0 Å². The zero-order valence-electron chi connectivity index (χ0n) is 13.7. The van der Waals surface area contributed by atoms with E-state index in [1.807, 2.05) is 54.6 Å². The van der Waals surface area contributed by atoms with Crippen molar-refractivity contribution in [1.82, 2.24) is 0 Å². The Labute approximate surface area is 152 Å². The van der Waals surface area contributed by atoms with E-state index in [4.69, 9.17) is 4.42 Å². The fourth-order valence-electron chi connectivity index (χ4n) is 2.90. The van der Waals surface area contributed by atoms with Gasteiger partial charge < -0.3 is 0 Å². The maximum absolute atomic E-state index is 12.2. The van der Waals surface area contributed by atoms with Crippen LogP contribution in [0.15, 0.2) is 83.3 Å². The number of ketones is 1. The third-order valence-corrected chi connectivity index (χ3v) is 6.36. The van der Waals surface area contributed by atoms with Gasteiger partial charge in [0, 0.05) is 0 Å². The van der Waals surface area contributed by atoms with Gasteiger partial charge in [-0.15, -0.1) is 0 Å². The molecule has 1 heterocycles. The minimum atomic E-state index is 0.0449. The molecule has 4 rings (SSSR count). The first-order valence-electron chi connectivity index (χ1n) is 8.09. The van der Waals surface area contributed by atoms with Crippen LogP contribution < -0.4 is 8.92 Å². The summed E-state index contributed by atoms with van der Waals surface area (Å²) in [6.45, 7) is 1.61. The van der Waals surface area contributed by atoms with Crippen molar-refractivity contribution in [1.29, 1.82) is 0 Å². The molecular formula is C22H16O2Se. The van der Waals surface area contributed by atoms with Crippen molar-refractivity contribution in [3.05, 3.63) is 84.4 Å². The standard InChI is InChI=1S/C22H16O2Se/c1-15(23)18-13-8-14-19-20(18)22(25-17-11-6-3-7-12-17)21(24-19)16-9-4-2-5-10-16/h2-14H,1H3. The Morgan fingerprint density at radius 3 is 2.20 bits per heavy atom. The molecule has 3 heteroatoms. The third kappa shape index (κ3) is 3.04. The number of benzene rings is 3. The zero-order valence-corrected chi connectivity index (χ0v) is 15.4. The predicted octanol–water partition coefficient (Wildman–Crippen LogP) is 3.96. The number of rotatable bonds is 4. The molecule has 0 saturated carbocycles. The molecule has 0 unspecified atom stereocenters. The van der Waals surface area contributed by atoms with Crippen LogP contribution in [-0.2, 0) is 0 Å². The van der Waals surface area contributed by atoms with E-state index in [2.05, 4.69) is 24.3 Å². The molecule has 0 radical (unpaired) electrons. The first-order chi connectivity index (χ1) is 12.2. The van der Waals surface area contributed by atoms with Crippen molar-refractivity contribution in [2.45, 2.75) is 6.92 Å². The quantitative estimate of drug-likeness (QED) is 0.390. The van der Waals surface area contributed by atoms with E-state index in [-0.39, 0.29) is 20.7 Å². The second-order valence-corrected chi connectivity index (χ2v) is 8.05. The first-order valence-corrected chi connectivity index (χ1v) is 9.80. The number of furan rings is 1. The number of fused-ring (bicyclic) bond motifs is 1. The normalized spacial score (nSPS) is 10.9. The number of Topliss-reactive ketones (excluding diaryl/α,β-unsaturated/α-hetero) is 1. The number of hydrogen-bond acceptors (Lipinski definition) is 2. The molecule has 0 N–H and O–H groups in total. The first kappa shape index (κ1) is 15.9. The SMILES string of the molecule is CC(=O)c1cccc2oc(-c3ccccc3)c([Se]c3ccccc3)c12. The van der Waals surface area contributed by atoms with Gasteiger partial charge in [0.15, 0.2) is 0 Å². The Bertz CT molecular complexity index is 1030. The van der Waals surface area contributed by atoms with Gasteiger partial charge in [0.2, 0.25) is 0 Å². The minimum absolute atomic E-state index is 0.0449. The van der Waals surface area contributed by atoms with Crippen molar-refractivity contribution in [3.63, 3.8) is 0 Å². The number of carbonyl (C=O) groups is 1. The van der Waals surface area contributed by atoms with Crippen molar-refractivity contribution in [3.8, 4) is 11.3 Å². The molecular weight excluding hydrogens is 375 g/mol. The average molecular weight is 391 g/mol. The van der Waals surface area contributed by atoms with Gasteiger partial charge in [-0.05, 0) is 0 Å². The maximum atomic E-state index is 12.2. The fourth-order valence-corrected chi connectivity index (χ4v) is 5.19. The summed E-state index contributed by atoms with van der Waals surface area (Å²) in [7, 11) is 0. The molecule has 122 valence electrons. The molecule has 0 spiro atoms. The summed E-state index contributed by atoms with van der Waals surface area (Å²) in [4.78, 5) is 12.2. The summed E-state index contributed by atoms with van der Waals surface area (Å²) in [5.74, 6) is 0.935. The molecule has 1 aromatic heterocycles. The van der Waals surface area contributed by atoms with Crippen LogP contribution in [0.25, 0.3) is 22.3 Å². The van der Waals surface area contributed by atoms with Gasteiger partial charge in [-0.2, -0.15) is 0 Å². The summed E-state index contributed by atoms with van der Waals surface area (Å²) in [5.41, 5.74) is 2.55. The third-order valence-electron chi connectivity index (χ3n) is 4.05. The monoisotopic (exact) mass is 392 g/mol. The van der Waals surface area contributed by atoms with Crippen molar-refractivity contribution < 1.29 is 9.21 Å². The Morgan fingerprint density at radius 1 is 0.840 bits per heavy atom. The van der Waals surface area contributed by atoms with Gasteiger partial charge in [0.25, 0.3) is 0 Å². The van der Waals surface area contributed by atoms with E-state index < -0.39 is 0 Å². The fraction of sp³-hybridized carbons (Fsp3) is 0.0455. The van der Waals surface area contributed by atoms with Gasteiger partial charge in [0.05, 0.1) is 0 Å². The van der Waals surface area contributed by atoms with Crippen LogP contribution in [0.2, 0.25) is 0 Å². The molecule has 0 fully saturated rings. The van der Waals surface area contributed by atoms with Crippen LogP contribution in [0.4, 0.5) is 0 Å². The summed E-state index contributed by atoms with van der Waals surface area (Å²) < 4.78 is 8.60. The Balaban J connectivity index is 2.00. The van der Waals surface area contributed by atoms with Crippen LogP contribution in [0, 0.1) is 0 Å². The van der Waals surface area contributed by atoms with Crippen molar-refractivity contribution in [2.75, 3.05) is 0 Å². The summed E-state index contributed by atoms with van der Waals surface area (Å²) in [5, 5.41) is 0.956. The van der Waals surface area contributed by atoms with Gasteiger partial charge in [-0.1, -0.05) is 0 Å². The van der Waals surface area contributed by atoms with Crippen molar-refractivity contribution >= 4 is 40.6 Å². The van der Waals surface area contributed by atoms with Crippen LogP contribution in [0.5, 0.6) is 0 Å². The Kier molecular flexibility index (Phi) is 4.27. The topological polar surface area (TPSA) is 30.2 Å². The van der Waals surface area contributed by atoms with Crippen LogP contribution in [-0.4, -0.2) is 20.7 Å². The summed E-state index contributed by atoms with van der Waals surface area (Å²) in [6, 6.07) is 26.2. The Hall–Kier alpha value is -2.61. The van der Waals surface area contributed by atoms with Gasteiger partial charge in [0.1, 0.15) is 0 Å². The molecule has 25 heavy (non-hydrogen) atoms. The number of carbonyl (C=O) groups excluding carboxylic acids is 1. The van der Waals surface area contributed by atoms with E-state index in [0.717, 1.165) is 32.3 Å². The van der Waals surface area contributed by atoms with E-state index in [0.29, 0.717) is 0 Å². The molecule has 0 aliphatic carbocycles. The molecule has 3 aromatic carbocycles. The van der Waals surface area contributed by atoms with E-state index in [1.165, 1.54) is 4.46 Å².